The SMILES string of the molecule is Nc1nc(-c2cc(Cl)ccc2F)cc(-c2cncc3ccccc23)c1O. The molecular weight excluding hydrogens is 353 g/mol. The minimum Gasteiger partial charge on any atom is -0.504 e. The Bertz CT molecular complexity index is 1140. The molecule has 0 atom stereocenters. The monoisotopic (exact) mass is 365 g/mol. The lowest BCUT2D eigenvalue weighted by molar-refractivity contribution is 0.478. The van der Waals surface area contributed by atoms with Crippen LogP contribution < -0.4 is 5.73 Å². The lowest BCUT2D eigenvalue weighted by atomic mass is 9.98. The third-order valence-electron chi connectivity index (χ3n) is 4.18. The molecule has 0 radical (unpaired) electrons. The molecule has 4 rings (SSSR count). The van der Waals surface area contributed by atoms with E-state index in [1.807, 2.05) is 24.3 Å². The molecule has 4 nitrogen and oxygen atoms in total. The van der Waals surface area contributed by atoms with Crippen molar-refractivity contribution in [1.29, 1.82) is 0 Å². The van der Waals surface area contributed by atoms with Crippen LogP contribution in [0.3, 0.4) is 0 Å². The van der Waals surface area contributed by atoms with E-state index >= 15 is 0 Å². The Balaban J connectivity index is 2.00. The lowest BCUT2D eigenvalue weighted by Gasteiger charge is -2.12. The number of halogens is 2. The second-order valence-corrected chi connectivity index (χ2v) is 6.26. The van der Waals surface area contributed by atoms with Crippen LogP contribution in [0.25, 0.3) is 33.2 Å². The van der Waals surface area contributed by atoms with E-state index in [1.54, 1.807) is 18.5 Å². The highest BCUT2D eigenvalue weighted by Crippen LogP contribution is 2.39. The average Bonchev–Trinajstić information content (AvgIpc) is 2.65. The van der Waals surface area contributed by atoms with Crippen molar-refractivity contribution in [1.82, 2.24) is 9.97 Å². The third kappa shape index (κ3) is 2.72. The molecule has 0 saturated carbocycles. The van der Waals surface area contributed by atoms with Crippen molar-refractivity contribution in [2.75, 3.05) is 5.73 Å². The van der Waals surface area contributed by atoms with Crippen LogP contribution in [0, 0.1) is 5.82 Å². The van der Waals surface area contributed by atoms with Gasteiger partial charge in [-0.2, -0.15) is 0 Å². The summed E-state index contributed by atoms with van der Waals surface area (Å²) in [6, 6.07) is 13.4. The Labute approximate surface area is 153 Å². The number of nitrogens with two attached hydrogens (primary N) is 1. The molecule has 6 heteroatoms. The first kappa shape index (κ1) is 16.3. The Kier molecular flexibility index (Phi) is 3.93. The number of aromatic nitrogens is 2. The summed E-state index contributed by atoms with van der Waals surface area (Å²) >= 11 is 5.99. The van der Waals surface area contributed by atoms with Gasteiger partial charge in [-0.3, -0.25) is 4.98 Å². The van der Waals surface area contributed by atoms with Crippen molar-refractivity contribution in [3.8, 4) is 28.1 Å². The van der Waals surface area contributed by atoms with Gasteiger partial charge < -0.3 is 10.8 Å². The van der Waals surface area contributed by atoms with E-state index in [4.69, 9.17) is 17.3 Å². The topological polar surface area (TPSA) is 72.0 Å². The van der Waals surface area contributed by atoms with Gasteiger partial charge in [0, 0.05) is 39.5 Å². The van der Waals surface area contributed by atoms with Crippen LogP contribution in [-0.2, 0) is 0 Å². The number of rotatable bonds is 2. The number of anilines is 1. The molecule has 0 unspecified atom stereocenters. The molecule has 0 spiro atoms. The van der Waals surface area contributed by atoms with Crippen LogP contribution in [0.15, 0.2) is 60.9 Å². The number of benzene rings is 2. The summed E-state index contributed by atoms with van der Waals surface area (Å²) in [5.41, 5.74) is 7.49. The smallest absolute Gasteiger partial charge is 0.167 e. The molecule has 0 bridgehead atoms. The number of pyridine rings is 2. The fourth-order valence-electron chi connectivity index (χ4n) is 2.93. The van der Waals surface area contributed by atoms with Crippen LogP contribution in [0.4, 0.5) is 10.2 Å². The first-order chi connectivity index (χ1) is 12.5. The van der Waals surface area contributed by atoms with Gasteiger partial charge in [-0.25, -0.2) is 9.37 Å². The summed E-state index contributed by atoms with van der Waals surface area (Å²) in [4.78, 5) is 8.35. The molecule has 4 aromatic rings. The van der Waals surface area contributed by atoms with E-state index in [-0.39, 0.29) is 22.8 Å². The van der Waals surface area contributed by atoms with Crippen molar-refractivity contribution in [3.05, 3.63) is 71.8 Å². The standard InChI is InChI=1S/C20H13ClFN3O/c21-12-5-6-17(22)15(7-12)18-8-14(19(26)20(23)25-18)16-10-24-9-11-3-1-2-4-13(11)16/h1-10,26H,(H2,23,25). The minimum absolute atomic E-state index is 0.0928. The summed E-state index contributed by atoms with van der Waals surface area (Å²) in [5.74, 6) is -0.742. The average molecular weight is 366 g/mol. The van der Waals surface area contributed by atoms with Gasteiger partial charge in [0.2, 0.25) is 0 Å². The highest BCUT2D eigenvalue weighted by atomic mass is 35.5. The Morgan fingerprint density at radius 3 is 2.62 bits per heavy atom. The number of hydrogen-bond donors (Lipinski definition) is 2. The summed E-state index contributed by atoms with van der Waals surface area (Å²) in [5, 5.41) is 12.7. The van der Waals surface area contributed by atoms with Gasteiger partial charge in [0.1, 0.15) is 5.82 Å². The number of nitrogens with zero attached hydrogens (tertiary/aromatic N) is 2. The second kappa shape index (κ2) is 6.28. The second-order valence-electron chi connectivity index (χ2n) is 5.82. The van der Waals surface area contributed by atoms with E-state index in [1.165, 1.54) is 18.2 Å². The minimum atomic E-state index is -0.478. The highest BCUT2D eigenvalue weighted by Gasteiger charge is 2.17. The van der Waals surface area contributed by atoms with Gasteiger partial charge in [-0.15, -0.1) is 0 Å². The predicted octanol–water partition coefficient (Wildman–Crippen LogP) is 5.04. The van der Waals surface area contributed by atoms with Crippen molar-refractivity contribution in [3.63, 3.8) is 0 Å². The van der Waals surface area contributed by atoms with Crippen LogP contribution in [0.2, 0.25) is 5.02 Å². The summed E-state index contributed by atoms with van der Waals surface area (Å²) < 4.78 is 14.3. The van der Waals surface area contributed by atoms with E-state index < -0.39 is 5.82 Å². The maximum Gasteiger partial charge on any atom is 0.167 e. The Morgan fingerprint density at radius 2 is 1.77 bits per heavy atom. The lowest BCUT2D eigenvalue weighted by Crippen LogP contribution is -1.97. The number of nitrogen functional groups attached to an aromatic ring is 1. The maximum absolute atomic E-state index is 14.3. The van der Waals surface area contributed by atoms with Crippen LogP contribution in [-0.4, -0.2) is 15.1 Å². The normalized spacial score (nSPS) is 11.0. The van der Waals surface area contributed by atoms with Gasteiger partial charge >= 0.3 is 0 Å². The van der Waals surface area contributed by atoms with Gasteiger partial charge in [0.15, 0.2) is 11.6 Å². The van der Waals surface area contributed by atoms with Gasteiger partial charge in [-0.05, 0) is 29.7 Å². The molecule has 2 aromatic heterocycles. The summed E-state index contributed by atoms with van der Waals surface area (Å²) in [7, 11) is 0. The van der Waals surface area contributed by atoms with Crippen molar-refractivity contribution < 1.29 is 9.50 Å². The predicted molar refractivity (Wildman–Crippen MR) is 101 cm³/mol. The Hall–Kier alpha value is -3.18. The Morgan fingerprint density at radius 1 is 0.962 bits per heavy atom. The van der Waals surface area contributed by atoms with Crippen molar-refractivity contribution in [2.24, 2.45) is 0 Å². The van der Waals surface area contributed by atoms with Crippen molar-refractivity contribution >= 4 is 28.2 Å². The maximum atomic E-state index is 14.3. The molecule has 2 heterocycles. The largest absolute Gasteiger partial charge is 0.504 e. The first-order valence-corrected chi connectivity index (χ1v) is 8.20. The van der Waals surface area contributed by atoms with Gasteiger partial charge in [-0.1, -0.05) is 35.9 Å². The fourth-order valence-corrected chi connectivity index (χ4v) is 3.10. The molecule has 0 aliphatic rings. The molecule has 0 aliphatic heterocycles. The van der Waals surface area contributed by atoms with E-state index in [9.17, 15) is 9.50 Å². The molecule has 26 heavy (non-hydrogen) atoms. The first-order valence-electron chi connectivity index (χ1n) is 7.82. The van der Waals surface area contributed by atoms with Gasteiger partial charge in [0.25, 0.3) is 0 Å². The zero-order valence-electron chi connectivity index (χ0n) is 13.4. The number of fused-ring (bicyclic) bond motifs is 1. The summed E-state index contributed by atoms with van der Waals surface area (Å²) in [6.45, 7) is 0. The van der Waals surface area contributed by atoms with E-state index in [2.05, 4.69) is 9.97 Å². The summed E-state index contributed by atoms with van der Waals surface area (Å²) in [6.07, 6.45) is 3.37. The van der Waals surface area contributed by atoms with Crippen LogP contribution in [0.1, 0.15) is 0 Å². The molecule has 0 aliphatic carbocycles. The number of aromatic hydroxyl groups is 1. The molecule has 0 saturated heterocycles. The fraction of sp³-hybridized carbons (Fsp3) is 0. The quantitative estimate of drug-likeness (QED) is 0.521. The zero-order chi connectivity index (χ0) is 18.3. The molecular formula is C20H13ClFN3O. The molecule has 0 amide bonds. The van der Waals surface area contributed by atoms with Crippen molar-refractivity contribution in [2.45, 2.75) is 0 Å². The molecule has 128 valence electrons. The van der Waals surface area contributed by atoms with Crippen LogP contribution in [0.5, 0.6) is 5.75 Å². The number of hydrogen-bond acceptors (Lipinski definition) is 4. The molecule has 0 fully saturated rings. The van der Waals surface area contributed by atoms with Gasteiger partial charge in [0.05, 0.1) is 5.69 Å². The van der Waals surface area contributed by atoms with E-state index in [0.29, 0.717) is 16.1 Å². The molecule has 2 aromatic carbocycles. The molecule has 3 N–H and O–H groups in total. The zero-order valence-corrected chi connectivity index (χ0v) is 14.2. The highest BCUT2D eigenvalue weighted by molar-refractivity contribution is 6.30. The van der Waals surface area contributed by atoms with E-state index in [0.717, 1.165) is 10.8 Å². The van der Waals surface area contributed by atoms with Crippen LogP contribution >= 0.6 is 11.6 Å². The third-order valence-corrected chi connectivity index (χ3v) is 4.42.